The van der Waals surface area contributed by atoms with Gasteiger partial charge in [0.1, 0.15) is 0 Å². The van der Waals surface area contributed by atoms with Gasteiger partial charge in [-0.15, -0.1) is 10.2 Å². The number of hydrogen-bond donors (Lipinski definition) is 2. The Bertz CT molecular complexity index is 704. The molecule has 122 valence electrons. The molecule has 0 saturated carbocycles. The number of anilines is 3. The van der Waals surface area contributed by atoms with Gasteiger partial charge in [0.25, 0.3) is 0 Å². The summed E-state index contributed by atoms with van der Waals surface area (Å²) in [5, 5.41) is 12.4. The number of nitrogens with one attached hydrogen (secondary N) is 2. The Morgan fingerprint density at radius 2 is 1.83 bits per heavy atom. The molecule has 0 atom stereocenters. The molecule has 1 amide bonds. The number of rotatable bonds is 4. The Hall–Kier alpha value is -2.35. The maximum absolute atomic E-state index is 12.8. The van der Waals surface area contributed by atoms with Crippen molar-refractivity contribution in [2.45, 2.75) is 19.5 Å². The van der Waals surface area contributed by atoms with Gasteiger partial charge < -0.3 is 10.6 Å². The van der Waals surface area contributed by atoms with Crippen LogP contribution in [0.25, 0.3) is 0 Å². The SMILES string of the molecule is CCC(=O)Nc1ccc(Nc2ccc(Cl)c(C(F)(F)F)c2)nn1. The maximum atomic E-state index is 12.8. The highest BCUT2D eigenvalue weighted by molar-refractivity contribution is 6.31. The fraction of sp³-hybridized carbons (Fsp3) is 0.214. The van der Waals surface area contributed by atoms with Crippen LogP contribution in [0, 0.1) is 0 Å². The van der Waals surface area contributed by atoms with Crippen LogP contribution in [0.4, 0.5) is 30.5 Å². The minimum absolute atomic E-state index is 0.168. The zero-order chi connectivity index (χ0) is 17.0. The first-order chi connectivity index (χ1) is 10.8. The molecule has 2 rings (SSSR count). The van der Waals surface area contributed by atoms with Crippen molar-refractivity contribution in [3.63, 3.8) is 0 Å². The quantitative estimate of drug-likeness (QED) is 0.870. The lowest BCUT2D eigenvalue weighted by atomic mass is 10.2. The lowest BCUT2D eigenvalue weighted by Gasteiger charge is -2.12. The van der Waals surface area contributed by atoms with Crippen LogP contribution in [0.5, 0.6) is 0 Å². The van der Waals surface area contributed by atoms with E-state index in [1.54, 1.807) is 6.92 Å². The van der Waals surface area contributed by atoms with Crippen LogP contribution >= 0.6 is 11.6 Å². The van der Waals surface area contributed by atoms with E-state index in [-0.39, 0.29) is 28.3 Å². The second-order valence-corrected chi connectivity index (χ2v) is 4.93. The second kappa shape index (κ2) is 6.82. The number of carbonyl (C=O) groups excluding carboxylic acids is 1. The lowest BCUT2D eigenvalue weighted by molar-refractivity contribution is -0.137. The normalized spacial score (nSPS) is 11.2. The van der Waals surface area contributed by atoms with E-state index in [0.717, 1.165) is 12.1 Å². The lowest BCUT2D eigenvalue weighted by Crippen LogP contribution is -2.11. The molecule has 9 heteroatoms. The Morgan fingerprint density at radius 3 is 2.39 bits per heavy atom. The van der Waals surface area contributed by atoms with Crippen LogP contribution in [0.15, 0.2) is 30.3 Å². The molecular formula is C14H12ClF3N4O. The molecule has 0 saturated heterocycles. The van der Waals surface area contributed by atoms with E-state index in [0.29, 0.717) is 6.42 Å². The summed E-state index contributed by atoms with van der Waals surface area (Å²) in [6.07, 6.45) is -4.25. The van der Waals surface area contributed by atoms with Gasteiger partial charge in [0, 0.05) is 12.1 Å². The molecule has 1 aromatic heterocycles. The van der Waals surface area contributed by atoms with Crippen LogP contribution in [0.1, 0.15) is 18.9 Å². The zero-order valence-corrected chi connectivity index (χ0v) is 12.7. The van der Waals surface area contributed by atoms with Crippen molar-refractivity contribution in [1.29, 1.82) is 0 Å². The fourth-order valence-corrected chi connectivity index (χ4v) is 1.89. The summed E-state index contributed by atoms with van der Waals surface area (Å²) < 4.78 is 38.4. The summed E-state index contributed by atoms with van der Waals surface area (Å²) in [7, 11) is 0. The van der Waals surface area contributed by atoms with Crippen molar-refractivity contribution in [1.82, 2.24) is 10.2 Å². The maximum Gasteiger partial charge on any atom is 0.417 e. The molecule has 2 aromatic rings. The van der Waals surface area contributed by atoms with Gasteiger partial charge in [0.15, 0.2) is 11.6 Å². The van der Waals surface area contributed by atoms with E-state index in [1.165, 1.54) is 18.2 Å². The van der Waals surface area contributed by atoms with E-state index in [1.807, 2.05) is 0 Å². The van der Waals surface area contributed by atoms with Crippen molar-refractivity contribution < 1.29 is 18.0 Å². The topological polar surface area (TPSA) is 66.9 Å². The third-order valence-electron chi connectivity index (χ3n) is 2.80. The molecule has 0 spiro atoms. The smallest absolute Gasteiger partial charge is 0.339 e. The van der Waals surface area contributed by atoms with Crippen LogP contribution in [-0.2, 0) is 11.0 Å². The molecule has 2 N–H and O–H groups in total. The molecular weight excluding hydrogens is 333 g/mol. The standard InChI is InChI=1S/C14H12ClF3N4O/c1-2-13(23)20-12-6-5-11(21-22-12)19-8-3-4-10(15)9(7-8)14(16,17)18/h3-7H,2H2,1H3,(H,19,21)(H,20,22,23). The summed E-state index contributed by atoms with van der Waals surface area (Å²) >= 11 is 5.55. The van der Waals surface area contributed by atoms with Gasteiger partial charge >= 0.3 is 6.18 Å². The summed E-state index contributed by atoms with van der Waals surface area (Å²) in [5.41, 5.74) is -0.773. The van der Waals surface area contributed by atoms with Crippen molar-refractivity contribution >= 4 is 34.8 Å². The van der Waals surface area contributed by atoms with Crippen molar-refractivity contribution in [2.24, 2.45) is 0 Å². The molecule has 0 bridgehead atoms. The Labute approximate surface area is 134 Å². The van der Waals surface area contributed by atoms with Crippen LogP contribution < -0.4 is 10.6 Å². The van der Waals surface area contributed by atoms with Gasteiger partial charge in [-0.25, -0.2) is 0 Å². The van der Waals surface area contributed by atoms with E-state index >= 15 is 0 Å². The van der Waals surface area contributed by atoms with Crippen LogP contribution in [0.2, 0.25) is 5.02 Å². The molecule has 23 heavy (non-hydrogen) atoms. The van der Waals surface area contributed by atoms with Crippen LogP contribution in [-0.4, -0.2) is 16.1 Å². The van der Waals surface area contributed by atoms with E-state index in [4.69, 9.17) is 11.6 Å². The number of carbonyl (C=O) groups is 1. The average Bonchev–Trinajstić information content (AvgIpc) is 2.50. The largest absolute Gasteiger partial charge is 0.417 e. The van der Waals surface area contributed by atoms with E-state index in [9.17, 15) is 18.0 Å². The summed E-state index contributed by atoms with van der Waals surface area (Å²) in [6.45, 7) is 1.69. The average molecular weight is 345 g/mol. The molecule has 0 aliphatic carbocycles. The number of nitrogens with zero attached hydrogens (tertiary/aromatic N) is 2. The predicted octanol–water partition coefficient (Wildman–Crippen LogP) is 4.24. The molecule has 0 aliphatic rings. The number of hydrogen-bond acceptors (Lipinski definition) is 4. The highest BCUT2D eigenvalue weighted by Gasteiger charge is 2.33. The summed E-state index contributed by atoms with van der Waals surface area (Å²) in [4.78, 5) is 11.2. The van der Waals surface area contributed by atoms with E-state index in [2.05, 4.69) is 20.8 Å². The summed E-state index contributed by atoms with van der Waals surface area (Å²) in [5.74, 6) is 0.275. The third kappa shape index (κ3) is 4.56. The summed E-state index contributed by atoms with van der Waals surface area (Å²) in [6, 6.07) is 6.41. The molecule has 0 fully saturated rings. The molecule has 5 nitrogen and oxygen atoms in total. The van der Waals surface area contributed by atoms with Crippen molar-refractivity contribution in [3.8, 4) is 0 Å². The number of alkyl halides is 3. The fourth-order valence-electron chi connectivity index (χ4n) is 1.66. The minimum atomic E-state index is -4.55. The number of benzene rings is 1. The van der Waals surface area contributed by atoms with Crippen LogP contribution in [0.3, 0.4) is 0 Å². The highest BCUT2D eigenvalue weighted by Crippen LogP contribution is 2.36. The first-order valence-electron chi connectivity index (χ1n) is 6.57. The van der Waals surface area contributed by atoms with Gasteiger partial charge in [0.2, 0.25) is 5.91 Å². The van der Waals surface area contributed by atoms with E-state index < -0.39 is 11.7 Å². The third-order valence-corrected chi connectivity index (χ3v) is 3.13. The monoisotopic (exact) mass is 344 g/mol. The first kappa shape index (κ1) is 17.0. The molecule has 0 aliphatic heterocycles. The Balaban J connectivity index is 2.15. The van der Waals surface area contributed by atoms with Crippen molar-refractivity contribution in [2.75, 3.05) is 10.6 Å². The Kier molecular flexibility index (Phi) is 5.05. The van der Waals surface area contributed by atoms with Gasteiger partial charge in [-0.1, -0.05) is 18.5 Å². The molecule has 0 radical (unpaired) electrons. The predicted molar refractivity (Wildman–Crippen MR) is 80.7 cm³/mol. The van der Waals surface area contributed by atoms with Gasteiger partial charge in [-0.2, -0.15) is 13.2 Å². The molecule has 1 aromatic carbocycles. The van der Waals surface area contributed by atoms with Crippen molar-refractivity contribution in [3.05, 3.63) is 40.9 Å². The highest BCUT2D eigenvalue weighted by atomic mass is 35.5. The zero-order valence-electron chi connectivity index (χ0n) is 11.9. The number of halogens is 4. The minimum Gasteiger partial charge on any atom is -0.339 e. The first-order valence-corrected chi connectivity index (χ1v) is 6.94. The number of aromatic nitrogens is 2. The van der Waals surface area contributed by atoms with Gasteiger partial charge in [-0.3, -0.25) is 4.79 Å². The molecule has 1 heterocycles. The van der Waals surface area contributed by atoms with Gasteiger partial charge in [0.05, 0.1) is 10.6 Å². The number of amides is 1. The van der Waals surface area contributed by atoms with Gasteiger partial charge in [-0.05, 0) is 30.3 Å². The Morgan fingerprint density at radius 1 is 1.17 bits per heavy atom. The second-order valence-electron chi connectivity index (χ2n) is 4.52. The molecule has 0 unspecified atom stereocenters.